The smallest absolute Gasteiger partial charge is 2.00 e. The molecule has 0 saturated carbocycles. The summed E-state index contributed by atoms with van der Waals surface area (Å²) < 4.78 is 0. The van der Waals surface area contributed by atoms with Gasteiger partial charge in [-0.25, -0.2) is 0 Å². The third-order valence-electron chi connectivity index (χ3n) is 0. The molecular weight excluding hydrogens is 157 g/mol. The Morgan fingerprint density at radius 3 is 0.800 bits per heavy atom. The maximum absolute atomic E-state index is 0. The van der Waals surface area contributed by atoms with Crippen LogP contribution in [0, 0.1) is 0 Å². The fraction of sp³-hybridized carbons (Fsp3) is 0. The van der Waals surface area contributed by atoms with Gasteiger partial charge in [-0.15, -0.1) is 0 Å². The topological polar surface area (TPSA) is 118 Å². The van der Waals surface area contributed by atoms with Crippen LogP contribution < -0.4 is 0 Å². The molecule has 32 valence electrons. The summed E-state index contributed by atoms with van der Waals surface area (Å²) in [5.41, 5.74) is 0. The van der Waals surface area contributed by atoms with Crippen molar-refractivity contribution in [1.82, 2.24) is 0 Å². The van der Waals surface area contributed by atoms with Crippen LogP contribution in [0.15, 0.2) is 0 Å². The second-order valence-corrected chi connectivity index (χ2v) is 0. The van der Waals surface area contributed by atoms with Crippen molar-refractivity contribution in [1.29, 1.82) is 0 Å². The molecule has 0 radical (unpaired) electrons. The molecule has 0 aromatic heterocycles. The van der Waals surface area contributed by atoms with Crippen molar-refractivity contribution >= 4 is 0 Å². The number of hydrogen-bond donors (Lipinski definition) is 0. The summed E-state index contributed by atoms with van der Waals surface area (Å²) in [6.07, 6.45) is 0. The monoisotopic (exact) mass is 160 g/mol. The molecule has 5 heteroatoms. The third kappa shape index (κ3) is 90.6. The van der Waals surface area contributed by atoms with E-state index in [-0.39, 0.29) is 44.3 Å². The molecule has 0 amide bonds. The normalized spacial score (nSPS) is 0. The van der Waals surface area contributed by atoms with Crippen molar-refractivity contribution in [3.05, 3.63) is 0 Å². The van der Waals surface area contributed by atoms with Crippen LogP contribution in [0.1, 0.15) is 0 Å². The molecule has 0 atom stereocenters. The number of rotatable bonds is 0. The van der Waals surface area contributed by atoms with E-state index in [0.717, 1.165) is 0 Å². The first kappa shape index (κ1) is 348. The van der Waals surface area contributed by atoms with Crippen molar-refractivity contribution in [2.75, 3.05) is 0 Å². The van der Waals surface area contributed by atoms with Crippen LogP contribution in [0.3, 0.4) is 0 Å². The predicted octanol–water partition coefficient (Wildman–Crippen LogP) is -1.24. The van der Waals surface area contributed by atoms with Gasteiger partial charge in [-0.2, -0.15) is 0 Å². The SMILES string of the molecule is O.[Nb+5].[O-2].[O-2].[OH-]. The van der Waals surface area contributed by atoms with E-state index in [2.05, 4.69) is 0 Å². The van der Waals surface area contributed by atoms with E-state index >= 15 is 0 Å². The maximum atomic E-state index is 0. The van der Waals surface area contributed by atoms with Crippen molar-refractivity contribution < 1.29 is 44.3 Å². The second kappa shape index (κ2) is 174. The summed E-state index contributed by atoms with van der Waals surface area (Å²) in [7, 11) is 0. The summed E-state index contributed by atoms with van der Waals surface area (Å²) in [5, 5.41) is 0. The molecule has 4 nitrogen and oxygen atoms in total. The van der Waals surface area contributed by atoms with Crippen LogP contribution in [-0.2, 0) is 33.3 Å². The van der Waals surface area contributed by atoms with Gasteiger partial charge in [0.2, 0.25) is 0 Å². The summed E-state index contributed by atoms with van der Waals surface area (Å²) in [6.45, 7) is 0. The van der Waals surface area contributed by atoms with Gasteiger partial charge in [0, 0.05) is 0 Å². The van der Waals surface area contributed by atoms with Crippen molar-refractivity contribution in [3.63, 3.8) is 0 Å². The van der Waals surface area contributed by atoms with Crippen molar-refractivity contribution in [2.45, 2.75) is 0 Å². The van der Waals surface area contributed by atoms with Gasteiger partial charge >= 0.3 is 22.4 Å². The molecule has 0 aliphatic heterocycles. The average molecular weight is 160 g/mol. The van der Waals surface area contributed by atoms with Crippen molar-refractivity contribution in [3.8, 4) is 0 Å². The molecule has 3 N–H and O–H groups in total. The van der Waals surface area contributed by atoms with E-state index in [1.165, 1.54) is 0 Å². The van der Waals surface area contributed by atoms with E-state index < -0.39 is 0 Å². The maximum Gasteiger partial charge on any atom is 5.00 e. The zero-order valence-electron chi connectivity index (χ0n) is 2.21. The summed E-state index contributed by atoms with van der Waals surface area (Å²) in [4.78, 5) is 0. The van der Waals surface area contributed by atoms with Gasteiger partial charge in [-0.05, 0) is 0 Å². The molecule has 5 heavy (non-hydrogen) atoms. The standard InChI is InChI=1S/Nb.2H2O.2O/h;2*1H2;;/q+5;;;2*-2/p-1. The Morgan fingerprint density at radius 2 is 0.800 bits per heavy atom. The molecule has 0 unspecified atom stereocenters. The van der Waals surface area contributed by atoms with Crippen LogP contribution in [0.4, 0.5) is 0 Å². The zero-order chi connectivity index (χ0) is 0. The van der Waals surface area contributed by atoms with Crippen LogP contribution in [0.25, 0.3) is 0 Å². The van der Waals surface area contributed by atoms with Crippen molar-refractivity contribution in [2.24, 2.45) is 0 Å². The van der Waals surface area contributed by atoms with Crippen LogP contribution in [-0.4, -0.2) is 11.0 Å². The summed E-state index contributed by atoms with van der Waals surface area (Å²) in [5.74, 6) is 0. The minimum absolute atomic E-state index is 0. The Morgan fingerprint density at radius 1 is 0.800 bits per heavy atom. The Hall–Kier alpha value is 0.580. The molecule has 0 rings (SSSR count). The minimum atomic E-state index is 0. The van der Waals surface area contributed by atoms with E-state index in [1.54, 1.807) is 0 Å². The first-order valence-corrected chi connectivity index (χ1v) is 0. The van der Waals surface area contributed by atoms with Gasteiger partial charge in [-0.3, -0.25) is 0 Å². The Labute approximate surface area is 44.9 Å². The van der Waals surface area contributed by atoms with Gasteiger partial charge in [0.1, 0.15) is 0 Å². The summed E-state index contributed by atoms with van der Waals surface area (Å²) >= 11 is 0. The third-order valence-corrected chi connectivity index (χ3v) is 0. The van der Waals surface area contributed by atoms with Crippen LogP contribution in [0.5, 0.6) is 0 Å². The molecule has 0 fully saturated rings. The van der Waals surface area contributed by atoms with Gasteiger partial charge < -0.3 is 21.9 Å². The number of hydrogen-bond acceptors (Lipinski definition) is 1. The Balaban J connectivity index is 0. The van der Waals surface area contributed by atoms with E-state index in [0.29, 0.717) is 0 Å². The molecule has 0 spiro atoms. The van der Waals surface area contributed by atoms with E-state index in [9.17, 15) is 0 Å². The van der Waals surface area contributed by atoms with E-state index in [4.69, 9.17) is 0 Å². The minimum Gasteiger partial charge on any atom is -2.00 e. The van der Waals surface area contributed by atoms with Gasteiger partial charge in [0.25, 0.3) is 0 Å². The summed E-state index contributed by atoms with van der Waals surface area (Å²) in [6, 6.07) is 0. The van der Waals surface area contributed by atoms with Gasteiger partial charge in [0.15, 0.2) is 0 Å². The molecule has 0 aromatic carbocycles. The quantitative estimate of drug-likeness (QED) is 0.404. The van der Waals surface area contributed by atoms with E-state index in [1.807, 2.05) is 0 Å². The second-order valence-electron chi connectivity index (χ2n) is 0. The fourth-order valence-electron chi connectivity index (χ4n) is 0. The molecule has 0 bridgehead atoms. The molecular formula is H3NbO4. The van der Waals surface area contributed by atoms with Gasteiger partial charge in [0.05, 0.1) is 0 Å². The Bertz CT molecular complexity index is 3.61. The first-order valence-electron chi connectivity index (χ1n) is 0. The Kier molecular flexibility index (Phi) is 12100. The first-order chi connectivity index (χ1) is 0. The molecule has 0 saturated heterocycles. The van der Waals surface area contributed by atoms with Gasteiger partial charge in [-0.1, -0.05) is 0 Å². The predicted molar refractivity (Wildman–Crippen MR) is 6.92 cm³/mol. The average Bonchev–Trinajstić information content (AvgIpc) is 0. The molecule has 0 heterocycles. The largest absolute Gasteiger partial charge is 5.00 e. The van der Waals surface area contributed by atoms with Crippen LogP contribution in [0.2, 0.25) is 0 Å². The molecule has 0 aromatic rings. The van der Waals surface area contributed by atoms with Crippen LogP contribution >= 0.6 is 0 Å². The zero-order valence-corrected chi connectivity index (χ0v) is 4.41. The molecule has 0 aliphatic rings. The molecule has 0 aliphatic carbocycles. The fourth-order valence-corrected chi connectivity index (χ4v) is 0.